The van der Waals surface area contributed by atoms with E-state index in [0.29, 0.717) is 10.6 Å². The van der Waals surface area contributed by atoms with Crippen LogP contribution in [0.15, 0.2) is 46.0 Å². The minimum Gasteiger partial charge on any atom is -0.497 e. The van der Waals surface area contributed by atoms with Crippen LogP contribution in [0, 0.1) is 0 Å². The molecule has 0 aliphatic heterocycles. The predicted octanol–water partition coefficient (Wildman–Crippen LogP) is 2.22. The highest BCUT2D eigenvalue weighted by molar-refractivity contribution is 7.14. The lowest BCUT2D eigenvalue weighted by atomic mass is 10.2. The number of carbonyl (C=O) groups is 2. The second-order valence-electron chi connectivity index (χ2n) is 4.98. The van der Waals surface area contributed by atoms with Crippen LogP contribution in [0.2, 0.25) is 0 Å². The van der Waals surface area contributed by atoms with E-state index in [0.717, 1.165) is 11.3 Å². The van der Waals surface area contributed by atoms with Crippen molar-refractivity contribution < 1.29 is 19.2 Å². The van der Waals surface area contributed by atoms with E-state index in [1.54, 1.807) is 42.8 Å². The van der Waals surface area contributed by atoms with Gasteiger partial charge < -0.3 is 14.9 Å². The molecule has 0 atom stereocenters. The number of nitrogens with one attached hydrogen (secondary N) is 2. The molecule has 8 nitrogen and oxygen atoms in total. The van der Waals surface area contributed by atoms with E-state index in [4.69, 9.17) is 9.57 Å². The van der Waals surface area contributed by atoms with Gasteiger partial charge in [-0.2, -0.15) is 5.10 Å². The first-order valence-electron chi connectivity index (χ1n) is 7.48. The average molecular weight is 374 g/mol. The summed E-state index contributed by atoms with van der Waals surface area (Å²) in [4.78, 5) is 28.2. The summed E-state index contributed by atoms with van der Waals surface area (Å²) in [5.41, 5.74) is 3.75. The summed E-state index contributed by atoms with van der Waals surface area (Å²) in [7, 11) is 2.93. The molecular weight excluding hydrogens is 356 g/mol. The third kappa shape index (κ3) is 5.42. The lowest BCUT2D eigenvalue weighted by Gasteiger charge is -2.02. The van der Waals surface area contributed by atoms with Gasteiger partial charge in [0.05, 0.1) is 18.3 Å². The normalized spacial score (nSPS) is 11.3. The highest BCUT2D eigenvalue weighted by Gasteiger charge is 2.17. The van der Waals surface area contributed by atoms with Crippen molar-refractivity contribution in [1.29, 1.82) is 0 Å². The molecule has 0 unspecified atom stereocenters. The number of carbonyl (C=O) groups excluding carboxylic acids is 2. The fourth-order valence-electron chi connectivity index (χ4n) is 1.92. The smallest absolute Gasteiger partial charge is 0.294 e. The molecular formula is C17H18N4O4S. The molecule has 1 aromatic heterocycles. The lowest BCUT2D eigenvalue weighted by Crippen LogP contribution is -2.28. The Balaban J connectivity index is 2.06. The maximum absolute atomic E-state index is 12.3. The van der Waals surface area contributed by atoms with Crippen LogP contribution in [0.5, 0.6) is 5.75 Å². The number of hydrogen-bond donors (Lipinski definition) is 2. The quantitative estimate of drug-likeness (QED) is 0.573. The van der Waals surface area contributed by atoms with Crippen LogP contribution in [0.4, 0.5) is 5.00 Å². The van der Waals surface area contributed by atoms with Crippen molar-refractivity contribution in [3.63, 3.8) is 0 Å². The minimum atomic E-state index is -0.538. The molecule has 2 aromatic rings. The number of ether oxygens (including phenoxy) is 1. The number of anilines is 1. The molecule has 0 aliphatic carbocycles. The van der Waals surface area contributed by atoms with E-state index in [9.17, 15) is 9.59 Å². The monoisotopic (exact) mass is 374 g/mol. The third-order valence-corrected chi connectivity index (χ3v) is 3.91. The van der Waals surface area contributed by atoms with Crippen molar-refractivity contribution in [2.75, 3.05) is 19.5 Å². The van der Waals surface area contributed by atoms with Crippen molar-refractivity contribution in [3.8, 4) is 5.75 Å². The Kier molecular flexibility index (Phi) is 6.86. The summed E-state index contributed by atoms with van der Waals surface area (Å²) in [5, 5.41) is 12.6. The number of benzene rings is 1. The zero-order valence-corrected chi connectivity index (χ0v) is 15.3. The molecule has 1 aromatic carbocycles. The Hall–Kier alpha value is -3.20. The van der Waals surface area contributed by atoms with Crippen molar-refractivity contribution in [2.45, 2.75) is 6.92 Å². The molecule has 1 heterocycles. The van der Waals surface area contributed by atoms with Gasteiger partial charge in [0.1, 0.15) is 12.9 Å². The van der Waals surface area contributed by atoms with E-state index < -0.39 is 5.91 Å². The van der Waals surface area contributed by atoms with Crippen LogP contribution >= 0.6 is 11.3 Å². The van der Waals surface area contributed by atoms with Crippen LogP contribution in [0.3, 0.4) is 0 Å². The molecule has 2 rings (SSSR count). The van der Waals surface area contributed by atoms with Gasteiger partial charge in [0, 0.05) is 17.9 Å². The minimum absolute atomic E-state index is 0.0484. The maximum Gasteiger partial charge on any atom is 0.294 e. The van der Waals surface area contributed by atoms with Crippen molar-refractivity contribution in [1.82, 2.24) is 5.43 Å². The van der Waals surface area contributed by atoms with Gasteiger partial charge in [0.15, 0.2) is 5.71 Å². The molecule has 0 radical (unpaired) electrons. The molecule has 2 amide bonds. The topological polar surface area (TPSA) is 101 Å². The first-order chi connectivity index (χ1) is 12.5. The molecule has 0 fully saturated rings. The van der Waals surface area contributed by atoms with Gasteiger partial charge in [-0.1, -0.05) is 5.16 Å². The molecule has 26 heavy (non-hydrogen) atoms. The number of hydrazone groups is 1. The molecule has 0 saturated carbocycles. The highest BCUT2D eigenvalue weighted by atomic mass is 32.1. The summed E-state index contributed by atoms with van der Waals surface area (Å²) in [6.45, 7) is 1.41. The summed E-state index contributed by atoms with van der Waals surface area (Å²) < 4.78 is 5.08. The zero-order chi connectivity index (χ0) is 18.9. The predicted molar refractivity (Wildman–Crippen MR) is 101 cm³/mol. The van der Waals surface area contributed by atoms with Crippen molar-refractivity contribution >= 4 is 40.1 Å². The van der Waals surface area contributed by atoms with E-state index in [2.05, 4.69) is 21.0 Å². The largest absolute Gasteiger partial charge is 0.497 e. The molecule has 0 bridgehead atoms. The van der Waals surface area contributed by atoms with Gasteiger partial charge in [0.25, 0.3) is 5.91 Å². The van der Waals surface area contributed by atoms with Crippen molar-refractivity contribution in [3.05, 3.63) is 46.8 Å². The molecule has 0 spiro atoms. The zero-order valence-electron chi connectivity index (χ0n) is 14.5. The first kappa shape index (κ1) is 19.1. The third-order valence-electron chi connectivity index (χ3n) is 3.07. The van der Waals surface area contributed by atoms with E-state index in [1.807, 2.05) is 0 Å². The van der Waals surface area contributed by atoms with Gasteiger partial charge in [-0.3, -0.25) is 9.59 Å². The average Bonchev–Trinajstić information content (AvgIpc) is 3.07. The van der Waals surface area contributed by atoms with Gasteiger partial charge in [-0.05, 0) is 35.9 Å². The second-order valence-corrected chi connectivity index (χ2v) is 5.89. The molecule has 0 aliphatic rings. The van der Waals surface area contributed by atoms with E-state index in [1.165, 1.54) is 31.6 Å². The SMILES string of the molecule is CON=C(C(=O)NN=Cc1ccc(OC)cc1)c1csc(NC(C)=O)c1. The second kappa shape index (κ2) is 9.33. The summed E-state index contributed by atoms with van der Waals surface area (Å²) in [6.07, 6.45) is 1.50. The molecule has 136 valence electrons. The number of methoxy groups -OCH3 is 1. The number of nitrogens with zero attached hydrogens (tertiary/aromatic N) is 2. The number of rotatable bonds is 7. The Bertz CT molecular complexity index is 828. The fourth-order valence-corrected chi connectivity index (χ4v) is 2.76. The van der Waals surface area contributed by atoms with Crippen LogP contribution in [0.1, 0.15) is 18.1 Å². The van der Waals surface area contributed by atoms with Crippen LogP contribution in [-0.2, 0) is 14.4 Å². The van der Waals surface area contributed by atoms with Gasteiger partial charge in [0.2, 0.25) is 5.91 Å². The number of thiophene rings is 1. The standard InChI is InChI=1S/C17H18N4O4S/c1-11(22)19-15-8-13(10-26-15)16(21-25-3)17(23)20-18-9-12-4-6-14(24-2)7-5-12/h4-10H,1-3H3,(H,19,22)(H,20,23). The summed E-state index contributed by atoms with van der Waals surface area (Å²) in [6, 6.07) is 8.82. The van der Waals surface area contributed by atoms with Crippen molar-refractivity contribution in [2.24, 2.45) is 10.3 Å². The number of oxime groups is 1. The number of amides is 2. The Morgan fingerprint density at radius 2 is 1.92 bits per heavy atom. The Morgan fingerprint density at radius 3 is 2.54 bits per heavy atom. The summed E-state index contributed by atoms with van der Waals surface area (Å²) >= 11 is 1.28. The molecule has 2 N–H and O–H groups in total. The van der Waals surface area contributed by atoms with Crippen LogP contribution in [0.25, 0.3) is 0 Å². The lowest BCUT2D eigenvalue weighted by molar-refractivity contribution is -0.115. The highest BCUT2D eigenvalue weighted by Crippen LogP contribution is 2.21. The van der Waals surface area contributed by atoms with E-state index >= 15 is 0 Å². The van der Waals surface area contributed by atoms with Gasteiger partial charge in [-0.25, -0.2) is 5.43 Å². The first-order valence-corrected chi connectivity index (χ1v) is 8.36. The van der Waals surface area contributed by atoms with Gasteiger partial charge in [-0.15, -0.1) is 11.3 Å². The Morgan fingerprint density at radius 1 is 1.19 bits per heavy atom. The van der Waals surface area contributed by atoms with Gasteiger partial charge >= 0.3 is 0 Å². The van der Waals surface area contributed by atoms with E-state index in [-0.39, 0.29) is 11.6 Å². The van der Waals surface area contributed by atoms with Crippen LogP contribution in [-0.4, -0.2) is 38.0 Å². The summed E-state index contributed by atoms with van der Waals surface area (Å²) in [5.74, 6) is -0.00547. The van der Waals surface area contributed by atoms with Crippen LogP contribution < -0.4 is 15.5 Å². The molecule has 0 saturated heterocycles. The molecule has 9 heteroatoms. The number of hydrogen-bond acceptors (Lipinski definition) is 7. The fraction of sp³-hybridized carbons (Fsp3) is 0.176. The Labute approximate surface area is 154 Å². The maximum atomic E-state index is 12.3.